The SMILES string of the molecule is CN(C)C(=O)C1Cc2cc(Nc3ncc(F)c(-c4ccc(OC(F)(F)F)c(Cl)c4)n3)ccc2O1. The zero-order chi connectivity index (χ0) is 24.6. The van der Waals surface area contributed by atoms with E-state index in [1.54, 1.807) is 32.3 Å². The minimum atomic E-state index is -4.91. The fourth-order valence-corrected chi connectivity index (χ4v) is 3.59. The number of hydrogen-bond donors (Lipinski definition) is 1. The van der Waals surface area contributed by atoms with Gasteiger partial charge in [0.2, 0.25) is 5.95 Å². The molecule has 178 valence electrons. The Labute approximate surface area is 196 Å². The minimum absolute atomic E-state index is 0.0444. The van der Waals surface area contributed by atoms with Crippen LogP contribution in [0, 0.1) is 5.82 Å². The molecule has 0 fully saturated rings. The Balaban J connectivity index is 1.55. The molecular weight excluding hydrogens is 480 g/mol. The standard InChI is InChI=1S/C22H17ClF4N4O3/c1-31(2)20(32)18-9-12-7-13(4-6-16(12)33-18)29-21-28-10-15(24)19(30-21)11-3-5-17(14(23)8-11)34-22(25,26)27/h3-8,10,18H,9H2,1-2H3,(H,28,29,30). The van der Waals surface area contributed by atoms with Crippen molar-refractivity contribution in [2.75, 3.05) is 19.4 Å². The highest BCUT2D eigenvalue weighted by atomic mass is 35.5. The van der Waals surface area contributed by atoms with Crippen LogP contribution in [0.25, 0.3) is 11.3 Å². The molecule has 1 N–H and O–H groups in total. The summed E-state index contributed by atoms with van der Waals surface area (Å²) >= 11 is 5.87. The van der Waals surface area contributed by atoms with Crippen molar-refractivity contribution in [3.05, 3.63) is 59.0 Å². The quantitative estimate of drug-likeness (QED) is 0.503. The third kappa shape index (κ3) is 5.14. The lowest BCUT2D eigenvalue weighted by molar-refractivity contribution is -0.274. The van der Waals surface area contributed by atoms with E-state index < -0.39 is 24.0 Å². The van der Waals surface area contributed by atoms with E-state index >= 15 is 0 Å². The van der Waals surface area contributed by atoms with E-state index in [0.29, 0.717) is 17.9 Å². The first kappa shape index (κ1) is 23.6. The third-order valence-corrected chi connectivity index (χ3v) is 5.18. The molecule has 2 heterocycles. The van der Waals surface area contributed by atoms with Crippen molar-refractivity contribution >= 4 is 29.1 Å². The van der Waals surface area contributed by atoms with Crippen LogP contribution in [0.2, 0.25) is 5.02 Å². The lowest BCUT2D eigenvalue weighted by Crippen LogP contribution is -2.36. The van der Waals surface area contributed by atoms with Crippen LogP contribution in [0.3, 0.4) is 0 Å². The number of alkyl halides is 3. The monoisotopic (exact) mass is 496 g/mol. The van der Waals surface area contributed by atoms with E-state index in [0.717, 1.165) is 23.9 Å². The van der Waals surface area contributed by atoms with Crippen molar-refractivity contribution in [2.45, 2.75) is 18.9 Å². The normalized spacial score (nSPS) is 14.9. The highest BCUT2D eigenvalue weighted by molar-refractivity contribution is 6.32. The van der Waals surface area contributed by atoms with Crippen molar-refractivity contribution in [3.63, 3.8) is 0 Å². The number of benzene rings is 2. The summed E-state index contributed by atoms with van der Waals surface area (Å²) < 4.78 is 61.3. The number of ether oxygens (including phenoxy) is 2. The number of aromatic nitrogens is 2. The van der Waals surface area contributed by atoms with Gasteiger partial charge >= 0.3 is 6.36 Å². The fourth-order valence-electron chi connectivity index (χ4n) is 3.37. The minimum Gasteiger partial charge on any atom is -0.480 e. The Morgan fingerprint density at radius 2 is 2.00 bits per heavy atom. The molecule has 2 aromatic carbocycles. The number of fused-ring (bicyclic) bond motifs is 1. The maximum Gasteiger partial charge on any atom is 0.573 e. The van der Waals surface area contributed by atoms with Gasteiger partial charge in [-0.3, -0.25) is 4.79 Å². The van der Waals surface area contributed by atoms with Gasteiger partial charge in [0.25, 0.3) is 5.91 Å². The Morgan fingerprint density at radius 1 is 1.24 bits per heavy atom. The molecule has 0 radical (unpaired) electrons. The lowest BCUT2D eigenvalue weighted by atomic mass is 10.1. The van der Waals surface area contributed by atoms with Gasteiger partial charge in [0.05, 0.1) is 11.2 Å². The summed E-state index contributed by atoms with van der Waals surface area (Å²) in [6.07, 6.45) is -4.20. The summed E-state index contributed by atoms with van der Waals surface area (Å²) in [4.78, 5) is 21.7. The van der Waals surface area contributed by atoms with Crippen LogP contribution in [0.1, 0.15) is 5.56 Å². The van der Waals surface area contributed by atoms with Gasteiger partial charge in [0.1, 0.15) is 17.2 Å². The van der Waals surface area contributed by atoms with Crippen molar-refractivity contribution < 1.29 is 31.8 Å². The van der Waals surface area contributed by atoms with Crippen LogP contribution in [0.5, 0.6) is 11.5 Å². The molecule has 0 saturated heterocycles. The molecule has 1 aliphatic heterocycles. The summed E-state index contributed by atoms with van der Waals surface area (Å²) in [7, 11) is 3.30. The Morgan fingerprint density at radius 3 is 2.68 bits per heavy atom. The van der Waals surface area contributed by atoms with Crippen LogP contribution in [-0.4, -0.2) is 47.3 Å². The van der Waals surface area contributed by atoms with Crippen molar-refractivity contribution in [1.29, 1.82) is 0 Å². The number of carbonyl (C=O) groups is 1. The number of nitrogens with one attached hydrogen (secondary N) is 1. The first-order valence-electron chi connectivity index (χ1n) is 9.86. The van der Waals surface area contributed by atoms with E-state index in [1.807, 2.05) is 0 Å². The molecular formula is C22H17ClF4N4O3. The zero-order valence-corrected chi connectivity index (χ0v) is 18.5. The van der Waals surface area contributed by atoms with E-state index in [2.05, 4.69) is 20.0 Å². The van der Waals surface area contributed by atoms with Crippen molar-refractivity contribution in [2.24, 2.45) is 0 Å². The number of rotatable bonds is 5. The summed E-state index contributed by atoms with van der Waals surface area (Å²) in [5, 5.41) is 2.59. The van der Waals surface area contributed by atoms with Gasteiger partial charge in [-0.15, -0.1) is 13.2 Å². The molecule has 4 rings (SSSR count). The molecule has 0 bridgehead atoms. The van der Waals surface area contributed by atoms with E-state index in [9.17, 15) is 22.4 Å². The average Bonchev–Trinajstić information content (AvgIpc) is 3.18. The lowest BCUT2D eigenvalue weighted by Gasteiger charge is -2.15. The van der Waals surface area contributed by atoms with Crippen molar-refractivity contribution in [3.8, 4) is 22.8 Å². The molecule has 1 aliphatic rings. The van der Waals surface area contributed by atoms with Gasteiger partial charge in [0.15, 0.2) is 11.9 Å². The maximum atomic E-state index is 14.4. The number of halogens is 5. The number of anilines is 2. The van der Waals surface area contributed by atoms with Gasteiger partial charge < -0.3 is 19.7 Å². The molecule has 1 unspecified atom stereocenters. The van der Waals surface area contributed by atoms with Gasteiger partial charge in [0, 0.05) is 37.3 Å². The molecule has 34 heavy (non-hydrogen) atoms. The highest BCUT2D eigenvalue weighted by Gasteiger charge is 2.32. The van der Waals surface area contributed by atoms with Crippen LogP contribution in [-0.2, 0) is 11.2 Å². The number of hydrogen-bond acceptors (Lipinski definition) is 6. The second kappa shape index (κ2) is 8.98. The van der Waals surface area contributed by atoms with Gasteiger partial charge in [-0.1, -0.05) is 11.6 Å². The van der Waals surface area contributed by atoms with Crippen molar-refractivity contribution in [1.82, 2.24) is 14.9 Å². The molecule has 0 spiro atoms. The van der Waals surface area contributed by atoms with E-state index in [-0.39, 0.29) is 28.1 Å². The van der Waals surface area contributed by atoms with Crippen LogP contribution < -0.4 is 14.8 Å². The Kier molecular flexibility index (Phi) is 6.22. The molecule has 1 atom stereocenters. The number of carbonyl (C=O) groups excluding carboxylic acids is 1. The highest BCUT2D eigenvalue weighted by Crippen LogP contribution is 2.35. The van der Waals surface area contributed by atoms with Crippen LogP contribution in [0.4, 0.5) is 29.2 Å². The maximum absolute atomic E-state index is 14.4. The predicted molar refractivity (Wildman–Crippen MR) is 116 cm³/mol. The first-order chi connectivity index (χ1) is 16.0. The third-order valence-electron chi connectivity index (χ3n) is 4.88. The average molecular weight is 497 g/mol. The van der Waals surface area contributed by atoms with E-state index in [1.165, 1.54) is 11.0 Å². The molecule has 3 aromatic rings. The van der Waals surface area contributed by atoms with E-state index in [4.69, 9.17) is 16.3 Å². The Bertz CT molecular complexity index is 1250. The smallest absolute Gasteiger partial charge is 0.480 e. The predicted octanol–water partition coefficient (Wildman–Crippen LogP) is 4.97. The topological polar surface area (TPSA) is 76.6 Å². The zero-order valence-electron chi connectivity index (χ0n) is 17.8. The summed E-state index contributed by atoms with van der Waals surface area (Å²) in [5.41, 5.74) is 1.35. The summed E-state index contributed by atoms with van der Waals surface area (Å²) in [6.45, 7) is 0. The number of amides is 1. The largest absolute Gasteiger partial charge is 0.573 e. The fraction of sp³-hybridized carbons (Fsp3) is 0.227. The van der Waals surface area contributed by atoms with Gasteiger partial charge in [-0.2, -0.15) is 0 Å². The second-order valence-corrected chi connectivity index (χ2v) is 7.98. The molecule has 0 aliphatic carbocycles. The summed E-state index contributed by atoms with van der Waals surface area (Å²) in [6, 6.07) is 8.46. The molecule has 7 nitrogen and oxygen atoms in total. The summed E-state index contributed by atoms with van der Waals surface area (Å²) in [5.74, 6) is -0.927. The Hall–Kier alpha value is -3.60. The molecule has 0 saturated carbocycles. The van der Waals surface area contributed by atoms with Gasteiger partial charge in [-0.05, 0) is 36.4 Å². The second-order valence-electron chi connectivity index (χ2n) is 7.57. The molecule has 1 aromatic heterocycles. The number of nitrogens with zero attached hydrogens (tertiary/aromatic N) is 3. The van der Waals surface area contributed by atoms with Crippen LogP contribution >= 0.6 is 11.6 Å². The van der Waals surface area contributed by atoms with Crippen LogP contribution in [0.15, 0.2) is 42.6 Å². The van der Waals surface area contributed by atoms with Gasteiger partial charge in [-0.25, -0.2) is 14.4 Å². The number of likely N-dealkylation sites (N-methyl/N-ethyl adjacent to an activating group) is 1. The molecule has 12 heteroatoms. The first-order valence-corrected chi connectivity index (χ1v) is 10.2. The molecule has 1 amide bonds.